The predicted octanol–water partition coefficient (Wildman–Crippen LogP) is 3.43. The Kier molecular flexibility index (Phi) is 7.24. The number of nitrogens with two attached hydrogens (primary N) is 1. The maximum Gasteiger partial charge on any atom is 0.226 e. The first-order valence-electron chi connectivity index (χ1n) is 7.61. The van der Waals surface area contributed by atoms with Crippen molar-refractivity contribution in [1.82, 2.24) is 10.1 Å². The second-order valence-electron chi connectivity index (χ2n) is 5.11. The SMILES string of the molecule is CCC1SCCSC1c1noc(CCCCCCN)n1. The molecular weight excluding hydrogens is 290 g/mol. The summed E-state index contributed by atoms with van der Waals surface area (Å²) in [6.07, 6.45) is 6.70. The minimum Gasteiger partial charge on any atom is -0.339 e. The summed E-state index contributed by atoms with van der Waals surface area (Å²) >= 11 is 4.03. The molecule has 0 saturated carbocycles. The molecule has 2 N–H and O–H groups in total. The number of hydrogen-bond donors (Lipinski definition) is 1. The van der Waals surface area contributed by atoms with Gasteiger partial charge in [-0.05, 0) is 25.8 Å². The van der Waals surface area contributed by atoms with Crippen molar-refractivity contribution in [2.24, 2.45) is 5.73 Å². The molecule has 0 bridgehead atoms. The Bertz CT molecular complexity index is 386. The van der Waals surface area contributed by atoms with Crippen molar-refractivity contribution < 1.29 is 4.52 Å². The van der Waals surface area contributed by atoms with Crippen LogP contribution in [0, 0.1) is 0 Å². The fraction of sp³-hybridized carbons (Fsp3) is 0.857. The molecule has 0 aromatic carbocycles. The van der Waals surface area contributed by atoms with E-state index in [1.165, 1.54) is 30.8 Å². The third kappa shape index (κ3) is 4.67. The fourth-order valence-electron chi connectivity index (χ4n) is 2.40. The molecule has 1 aromatic rings. The summed E-state index contributed by atoms with van der Waals surface area (Å²) in [6, 6.07) is 0. The summed E-state index contributed by atoms with van der Waals surface area (Å²) in [7, 11) is 0. The lowest BCUT2D eigenvalue weighted by Crippen LogP contribution is -2.19. The molecule has 0 spiro atoms. The number of hydrogen-bond acceptors (Lipinski definition) is 6. The molecule has 2 unspecified atom stereocenters. The zero-order valence-corrected chi connectivity index (χ0v) is 13.8. The van der Waals surface area contributed by atoms with E-state index < -0.39 is 0 Å². The Morgan fingerprint density at radius 1 is 1.20 bits per heavy atom. The zero-order chi connectivity index (χ0) is 14.2. The predicted molar refractivity (Wildman–Crippen MR) is 87.3 cm³/mol. The molecule has 0 aliphatic carbocycles. The highest BCUT2D eigenvalue weighted by atomic mass is 32.2. The van der Waals surface area contributed by atoms with Gasteiger partial charge >= 0.3 is 0 Å². The Morgan fingerprint density at radius 3 is 2.80 bits per heavy atom. The summed E-state index contributed by atoms with van der Waals surface area (Å²) in [4.78, 5) is 4.61. The molecule has 2 rings (SSSR count). The van der Waals surface area contributed by atoms with Crippen molar-refractivity contribution in [3.8, 4) is 0 Å². The standard InChI is InChI=1S/C14H25N3OS2/c1-2-11-13(20-10-9-19-11)14-16-12(18-17-14)7-5-3-4-6-8-15/h11,13H,2-10,15H2,1H3. The lowest BCUT2D eigenvalue weighted by atomic mass is 10.1. The van der Waals surface area contributed by atoms with Crippen molar-refractivity contribution in [2.45, 2.75) is 55.9 Å². The third-order valence-corrected chi connectivity index (χ3v) is 6.78. The fourth-order valence-corrected chi connectivity index (χ4v) is 5.38. The molecular formula is C14H25N3OS2. The largest absolute Gasteiger partial charge is 0.339 e. The Labute approximate surface area is 130 Å². The highest BCUT2D eigenvalue weighted by molar-refractivity contribution is 8.06. The molecule has 4 nitrogen and oxygen atoms in total. The van der Waals surface area contributed by atoms with Gasteiger partial charge in [0.25, 0.3) is 0 Å². The van der Waals surface area contributed by atoms with Gasteiger partial charge in [-0.3, -0.25) is 0 Å². The Balaban J connectivity index is 1.81. The van der Waals surface area contributed by atoms with Crippen molar-refractivity contribution in [2.75, 3.05) is 18.1 Å². The van der Waals surface area contributed by atoms with E-state index in [0.717, 1.165) is 37.5 Å². The van der Waals surface area contributed by atoms with Crippen LogP contribution in [0.2, 0.25) is 0 Å². The van der Waals surface area contributed by atoms with Crippen LogP contribution in [-0.2, 0) is 6.42 Å². The van der Waals surface area contributed by atoms with Crippen LogP contribution in [0.1, 0.15) is 56.0 Å². The molecule has 2 atom stereocenters. The van der Waals surface area contributed by atoms with E-state index in [1.54, 1.807) is 0 Å². The highest BCUT2D eigenvalue weighted by Gasteiger charge is 2.30. The van der Waals surface area contributed by atoms with Crippen LogP contribution in [-0.4, -0.2) is 33.4 Å². The van der Waals surface area contributed by atoms with Crippen LogP contribution in [0.15, 0.2) is 4.52 Å². The second-order valence-corrected chi connectivity index (χ2v) is 7.70. The maximum absolute atomic E-state index is 5.49. The molecule has 114 valence electrons. The lowest BCUT2D eigenvalue weighted by molar-refractivity contribution is 0.368. The molecule has 1 fully saturated rings. The van der Waals surface area contributed by atoms with Gasteiger partial charge in [-0.25, -0.2) is 0 Å². The van der Waals surface area contributed by atoms with Crippen molar-refractivity contribution in [1.29, 1.82) is 0 Å². The number of aryl methyl sites for hydroxylation is 1. The molecule has 1 saturated heterocycles. The van der Waals surface area contributed by atoms with Crippen molar-refractivity contribution in [3.63, 3.8) is 0 Å². The normalized spacial score (nSPS) is 23.1. The first-order chi connectivity index (χ1) is 9.85. The van der Waals surface area contributed by atoms with Crippen LogP contribution in [0.5, 0.6) is 0 Å². The van der Waals surface area contributed by atoms with Crippen molar-refractivity contribution >= 4 is 23.5 Å². The summed E-state index contributed by atoms with van der Waals surface area (Å²) in [5.41, 5.74) is 5.49. The van der Waals surface area contributed by atoms with Gasteiger partial charge in [-0.15, -0.1) is 11.8 Å². The molecule has 1 aliphatic heterocycles. The molecule has 0 radical (unpaired) electrons. The van der Waals surface area contributed by atoms with E-state index in [-0.39, 0.29) is 0 Å². The summed E-state index contributed by atoms with van der Waals surface area (Å²) in [5, 5.41) is 5.25. The zero-order valence-electron chi connectivity index (χ0n) is 12.2. The highest BCUT2D eigenvalue weighted by Crippen LogP contribution is 2.42. The quantitative estimate of drug-likeness (QED) is 0.741. The molecule has 6 heteroatoms. The van der Waals surface area contributed by atoms with Crippen LogP contribution in [0.25, 0.3) is 0 Å². The lowest BCUT2D eigenvalue weighted by Gasteiger charge is -2.27. The first-order valence-corrected chi connectivity index (χ1v) is 9.70. The number of aromatic nitrogens is 2. The molecule has 2 heterocycles. The first kappa shape index (κ1) is 16.2. The summed E-state index contributed by atoms with van der Waals surface area (Å²) in [5.74, 6) is 4.14. The van der Waals surface area contributed by atoms with Crippen LogP contribution in [0.4, 0.5) is 0 Å². The van der Waals surface area contributed by atoms with E-state index in [1.807, 2.05) is 23.5 Å². The number of unbranched alkanes of at least 4 members (excludes halogenated alkanes) is 3. The van der Waals surface area contributed by atoms with E-state index in [9.17, 15) is 0 Å². The van der Waals surface area contributed by atoms with Gasteiger partial charge in [-0.2, -0.15) is 16.7 Å². The van der Waals surface area contributed by atoms with Crippen LogP contribution < -0.4 is 5.73 Å². The molecule has 1 aliphatic rings. The van der Waals surface area contributed by atoms with Gasteiger partial charge in [0.1, 0.15) is 0 Å². The Hall–Kier alpha value is -0.200. The smallest absolute Gasteiger partial charge is 0.226 e. The van der Waals surface area contributed by atoms with Gasteiger partial charge in [0.15, 0.2) is 5.82 Å². The van der Waals surface area contributed by atoms with Gasteiger partial charge in [0, 0.05) is 23.2 Å². The number of rotatable bonds is 8. The van der Waals surface area contributed by atoms with Crippen LogP contribution in [0.3, 0.4) is 0 Å². The molecule has 1 aromatic heterocycles. The average molecular weight is 316 g/mol. The average Bonchev–Trinajstić information content (AvgIpc) is 2.95. The summed E-state index contributed by atoms with van der Waals surface area (Å²) in [6.45, 7) is 3.04. The molecule has 0 amide bonds. The number of thioether (sulfide) groups is 2. The minimum atomic E-state index is 0.411. The van der Waals surface area contributed by atoms with Gasteiger partial charge in [0.05, 0.1) is 5.25 Å². The van der Waals surface area contributed by atoms with E-state index >= 15 is 0 Å². The number of nitrogens with zero attached hydrogens (tertiary/aromatic N) is 2. The topological polar surface area (TPSA) is 64.9 Å². The van der Waals surface area contributed by atoms with Crippen LogP contribution >= 0.6 is 23.5 Å². The Morgan fingerprint density at radius 2 is 2.00 bits per heavy atom. The maximum atomic E-state index is 5.49. The minimum absolute atomic E-state index is 0.411. The van der Waals surface area contributed by atoms with Crippen molar-refractivity contribution in [3.05, 3.63) is 11.7 Å². The van der Waals surface area contributed by atoms with E-state index in [0.29, 0.717) is 10.5 Å². The van der Waals surface area contributed by atoms with Gasteiger partial charge in [0.2, 0.25) is 5.89 Å². The van der Waals surface area contributed by atoms with E-state index in [2.05, 4.69) is 17.1 Å². The van der Waals surface area contributed by atoms with Gasteiger partial charge < -0.3 is 10.3 Å². The molecule has 20 heavy (non-hydrogen) atoms. The van der Waals surface area contributed by atoms with Gasteiger partial charge in [-0.1, -0.05) is 24.9 Å². The third-order valence-electron chi connectivity index (χ3n) is 3.54. The van der Waals surface area contributed by atoms with E-state index in [4.69, 9.17) is 10.3 Å². The monoisotopic (exact) mass is 315 g/mol. The second kappa shape index (κ2) is 8.95. The summed E-state index contributed by atoms with van der Waals surface area (Å²) < 4.78 is 5.41.